The largest absolute Gasteiger partial charge is 0.480 e. The zero-order chi connectivity index (χ0) is 11.8. The topological polar surface area (TPSA) is 75.6 Å². The van der Waals surface area contributed by atoms with E-state index in [1.807, 2.05) is 6.92 Å². The van der Waals surface area contributed by atoms with Gasteiger partial charge in [-0.3, -0.25) is 14.9 Å². The number of rotatable bonds is 7. The van der Waals surface area contributed by atoms with Crippen molar-refractivity contribution in [2.45, 2.75) is 45.7 Å². The number of carboxylic acids is 1. The van der Waals surface area contributed by atoms with Crippen LogP contribution in [0, 0.1) is 0 Å². The minimum atomic E-state index is -0.972. The Balaban J connectivity index is 4.25. The molecule has 5 heteroatoms. The van der Waals surface area contributed by atoms with Crippen LogP contribution in [0.1, 0.15) is 33.6 Å². The smallest absolute Gasteiger partial charge is 0.323 e. The lowest BCUT2D eigenvalue weighted by atomic mass is 10.1. The second-order valence-corrected chi connectivity index (χ2v) is 3.32. The molecule has 0 bridgehead atoms. The molecule has 0 spiro atoms. The lowest BCUT2D eigenvalue weighted by Crippen LogP contribution is -2.46. The Labute approximate surface area is 89.8 Å². The summed E-state index contributed by atoms with van der Waals surface area (Å²) in [7, 11) is 0. The Morgan fingerprint density at radius 3 is 2.40 bits per heavy atom. The summed E-state index contributed by atoms with van der Waals surface area (Å²) in [5.74, 6) is -1.35. The first-order chi connectivity index (χ1) is 7.02. The molecular formula is C10H19NO4. The third kappa shape index (κ3) is 5.37. The van der Waals surface area contributed by atoms with Crippen molar-refractivity contribution in [2.24, 2.45) is 0 Å². The number of nitrogens with one attached hydrogen (secondary N) is 1. The number of aliphatic carboxylic acids is 1. The molecule has 15 heavy (non-hydrogen) atoms. The number of carbonyl (C=O) groups excluding carboxylic acids is 1. The van der Waals surface area contributed by atoms with Gasteiger partial charge in [0.25, 0.3) is 0 Å². The van der Waals surface area contributed by atoms with Crippen molar-refractivity contribution in [1.82, 2.24) is 5.32 Å². The van der Waals surface area contributed by atoms with Crippen molar-refractivity contribution in [1.29, 1.82) is 0 Å². The van der Waals surface area contributed by atoms with E-state index < -0.39 is 18.1 Å². The first kappa shape index (κ1) is 13.9. The van der Waals surface area contributed by atoms with Crippen molar-refractivity contribution >= 4 is 11.9 Å². The van der Waals surface area contributed by atoms with Crippen LogP contribution in [0.15, 0.2) is 0 Å². The first-order valence-corrected chi connectivity index (χ1v) is 5.18. The second kappa shape index (κ2) is 7.23. The molecule has 0 aromatic heterocycles. The lowest BCUT2D eigenvalue weighted by Gasteiger charge is -2.18. The SMILES string of the molecule is CCC[C@@H](N[C@H](C)C(=O)O)C(=O)OCC. The molecule has 88 valence electrons. The molecule has 0 rings (SSSR count). The molecule has 0 fully saturated rings. The van der Waals surface area contributed by atoms with E-state index in [0.717, 1.165) is 6.42 Å². The van der Waals surface area contributed by atoms with Crippen LogP contribution in [0.4, 0.5) is 0 Å². The lowest BCUT2D eigenvalue weighted by molar-refractivity contribution is -0.147. The summed E-state index contributed by atoms with van der Waals surface area (Å²) in [5, 5.41) is 11.4. The average Bonchev–Trinajstić information content (AvgIpc) is 2.17. The third-order valence-corrected chi connectivity index (χ3v) is 1.97. The fourth-order valence-electron chi connectivity index (χ4n) is 1.17. The summed E-state index contributed by atoms with van der Waals surface area (Å²) in [6.45, 7) is 5.47. The van der Waals surface area contributed by atoms with Crippen LogP contribution in [0.5, 0.6) is 0 Å². The normalized spacial score (nSPS) is 14.3. The van der Waals surface area contributed by atoms with Gasteiger partial charge in [-0.15, -0.1) is 0 Å². The Bertz CT molecular complexity index is 217. The van der Waals surface area contributed by atoms with E-state index in [1.165, 1.54) is 6.92 Å². The van der Waals surface area contributed by atoms with Gasteiger partial charge in [-0.05, 0) is 20.3 Å². The second-order valence-electron chi connectivity index (χ2n) is 3.32. The minimum Gasteiger partial charge on any atom is -0.480 e. The average molecular weight is 217 g/mol. The Morgan fingerprint density at radius 2 is 2.00 bits per heavy atom. The molecule has 0 aromatic carbocycles. The molecule has 5 nitrogen and oxygen atoms in total. The van der Waals surface area contributed by atoms with Gasteiger partial charge in [0.2, 0.25) is 0 Å². The predicted molar refractivity (Wildman–Crippen MR) is 55.6 cm³/mol. The summed E-state index contributed by atoms with van der Waals surface area (Å²) < 4.78 is 4.84. The first-order valence-electron chi connectivity index (χ1n) is 5.18. The van der Waals surface area contributed by atoms with Crippen LogP contribution in [-0.2, 0) is 14.3 Å². The van der Waals surface area contributed by atoms with E-state index in [9.17, 15) is 9.59 Å². The fourth-order valence-corrected chi connectivity index (χ4v) is 1.17. The number of ether oxygens (including phenoxy) is 1. The molecule has 0 aliphatic heterocycles. The molecule has 2 atom stereocenters. The molecule has 0 unspecified atom stereocenters. The number of hydrogen-bond donors (Lipinski definition) is 2. The van der Waals surface area contributed by atoms with Crippen LogP contribution in [0.2, 0.25) is 0 Å². The zero-order valence-corrected chi connectivity index (χ0v) is 9.45. The standard InChI is InChI=1S/C10H19NO4/c1-4-6-8(10(14)15-5-2)11-7(3)9(12)13/h7-8,11H,4-6H2,1-3H3,(H,12,13)/t7-,8-/m1/s1. The highest BCUT2D eigenvalue weighted by Gasteiger charge is 2.23. The zero-order valence-electron chi connectivity index (χ0n) is 9.45. The molecule has 0 aliphatic carbocycles. The van der Waals surface area contributed by atoms with Crippen molar-refractivity contribution < 1.29 is 19.4 Å². The summed E-state index contributed by atoms with van der Waals surface area (Å²) in [6.07, 6.45) is 1.37. The maximum Gasteiger partial charge on any atom is 0.323 e. The summed E-state index contributed by atoms with van der Waals surface area (Å²) in [4.78, 5) is 22.0. The van der Waals surface area contributed by atoms with E-state index in [4.69, 9.17) is 9.84 Å². The molecule has 0 saturated heterocycles. The molecular weight excluding hydrogens is 198 g/mol. The quantitative estimate of drug-likeness (QED) is 0.616. The van der Waals surface area contributed by atoms with Gasteiger partial charge in [-0.25, -0.2) is 0 Å². The van der Waals surface area contributed by atoms with E-state index in [1.54, 1.807) is 6.92 Å². The maximum absolute atomic E-state index is 11.4. The van der Waals surface area contributed by atoms with Crippen LogP contribution < -0.4 is 5.32 Å². The molecule has 0 aromatic rings. The van der Waals surface area contributed by atoms with Crippen molar-refractivity contribution in [3.8, 4) is 0 Å². The Hall–Kier alpha value is -1.10. The molecule has 0 heterocycles. The van der Waals surface area contributed by atoms with Gasteiger partial charge < -0.3 is 9.84 Å². The number of carboxylic acid groups (broad SMARTS) is 1. The number of esters is 1. The summed E-state index contributed by atoms with van der Waals surface area (Å²) in [5.41, 5.74) is 0. The number of hydrogen-bond acceptors (Lipinski definition) is 4. The van der Waals surface area contributed by atoms with Gasteiger partial charge in [0.1, 0.15) is 12.1 Å². The van der Waals surface area contributed by atoms with E-state index in [0.29, 0.717) is 13.0 Å². The van der Waals surface area contributed by atoms with Gasteiger partial charge in [-0.2, -0.15) is 0 Å². The molecule has 0 amide bonds. The summed E-state index contributed by atoms with van der Waals surface area (Å²) in [6, 6.07) is -1.27. The third-order valence-electron chi connectivity index (χ3n) is 1.97. The molecule has 0 aliphatic rings. The van der Waals surface area contributed by atoms with E-state index in [-0.39, 0.29) is 5.97 Å². The fraction of sp³-hybridized carbons (Fsp3) is 0.800. The van der Waals surface area contributed by atoms with Crippen LogP contribution in [-0.4, -0.2) is 35.7 Å². The minimum absolute atomic E-state index is 0.308. The Kier molecular flexibility index (Phi) is 6.70. The van der Waals surface area contributed by atoms with Gasteiger partial charge in [0, 0.05) is 0 Å². The van der Waals surface area contributed by atoms with Crippen LogP contribution in [0.25, 0.3) is 0 Å². The van der Waals surface area contributed by atoms with Crippen molar-refractivity contribution in [3.05, 3.63) is 0 Å². The highest BCUT2D eigenvalue weighted by Crippen LogP contribution is 2.01. The van der Waals surface area contributed by atoms with Crippen molar-refractivity contribution in [3.63, 3.8) is 0 Å². The molecule has 2 N–H and O–H groups in total. The van der Waals surface area contributed by atoms with Crippen LogP contribution in [0.3, 0.4) is 0 Å². The van der Waals surface area contributed by atoms with Crippen LogP contribution >= 0.6 is 0 Å². The van der Waals surface area contributed by atoms with Gasteiger partial charge in [0.15, 0.2) is 0 Å². The molecule has 0 saturated carbocycles. The van der Waals surface area contributed by atoms with E-state index >= 15 is 0 Å². The number of carbonyl (C=O) groups is 2. The highest BCUT2D eigenvalue weighted by molar-refractivity contribution is 5.78. The monoisotopic (exact) mass is 217 g/mol. The van der Waals surface area contributed by atoms with Crippen molar-refractivity contribution in [2.75, 3.05) is 6.61 Å². The maximum atomic E-state index is 11.4. The van der Waals surface area contributed by atoms with Gasteiger partial charge in [0.05, 0.1) is 6.61 Å². The highest BCUT2D eigenvalue weighted by atomic mass is 16.5. The summed E-state index contributed by atoms with van der Waals surface area (Å²) >= 11 is 0. The van der Waals surface area contributed by atoms with Gasteiger partial charge >= 0.3 is 11.9 Å². The van der Waals surface area contributed by atoms with E-state index in [2.05, 4.69) is 5.32 Å². The predicted octanol–water partition coefficient (Wildman–Crippen LogP) is 0.781. The van der Waals surface area contributed by atoms with Gasteiger partial charge in [-0.1, -0.05) is 13.3 Å². The molecule has 0 radical (unpaired) electrons. The Morgan fingerprint density at radius 1 is 1.40 bits per heavy atom.